The number of anilines is 1. The number of aromatic nitrogens is 2. The molecule has 1 aromatic heterocycles. The Labute approximate surface area is 124 Å². The van der Waals surface area contributed by atoms with Crippen LogP contribution < -0.4 is 15.8 Å². The van der Waals surface area contributed by atoms with Gasteiger partial charge in [0.05, 0.1) is 18.1 Å². The van der Waals surface area contributed by atoms with Gasteiger partial charge in [-0.15, -0.1) is 0 Å². The van der Waals surface area contributed by atoms with Crippen LogP contribution in [0.25, 0.3) is 0 Å². The Morgan fingerprint density at radius 3 is 2.62 bits per heavy atom. The topological polar surface area (TPSA) is 127 Å². The number of amides is 1. The molecule has 0 fully saturated rings. The molecule has 0 atom stereocenters. The second kappa shape index (κ2) is 7.32. The van der Waals surface area contributed by atoms with E-state index in [1.54, 1.807) is 0 Å². The largest absolute Gasteiger partial charge is 0.396 e. The zero-order valence-corrected chi connectivity index (χ0v) is 13.2. The second-order valence-corrected chi connectivity index (χ2v) is 6.80. The number of hydrogen-bond donors (Lipinski definition) is 3. The lowest BCUT2D eigenvalue weighted by Crippen LogP contribution is -2.30. The molecule has 0 aliphatic heterocycles. The van der Waals surface area contributed by atoms with E-state index in [4.69, 9.17) is 5.73 Å². The van der Waals surface area contributed by atoms with Gasteiger partial charge in [0.25, 0.3) is 5.91 Å². The molecule has 1 amide bonds. The van der Waals surface area contributed by atoms with Gasteiger partial charge >= 0.3 is 0 Å². The molecule has 0 saturated heterocycles. The summed E-state index contributed by atoms with van der Waals surface area (Å²) in [4.78, 5) is 20.2. The number of hydrogen-bond acceptors (Lipinski definition) is 6. The summed E-state index contributed by atoms with van der Waals surface area (Å²) in [5.74, 6) is 0.250. The minimum atomic E-state index is -3.20. The minimum Gasteiger partial charge on any atom is -0.396 e. The molecule has 0 saturated carbocycles. The predicted molar refractivity (Wildman–Crippen MR) is 80.3 cm³/mol. The maximum absolute atomic E-state index is 12.0. The Morgan fingerprint density at radius 1 is 1.38 bits per heavy atom. The first-order chi connectivity index (χ1) is 9.70. The van der Waals surface area contributed by atoms with E-state index in [0.717, 1.165) is 6.26 Å². The smallest absolute Gasteiger partial charge is 0.272 e. The van der Waals surface area contributed by atoms with E-state index >= 15 is 0 Å². The van der Waals surface area contributed by atoms with Crippen molar-refractivity contribution in [3.8, 4) is 0 Å². The van der Waals surface area contributed by atoms with Crippen LogP contribution in [0.5, 0.6) is 0 Å². The lowest BCUT2D eigenvalue weighted by atomic mass is 10.2. The molecule has 1 rings (SSSR count). The van der Waals surface area contributed by atoms with Crippen LogP contribution in [-0.2, 0) is 10.0 Å². The number of rotatable bonds is 7. The van der Waals surface area contributed by atoms with Gasteiger partial charge in [0.2, 0.25) is 10.0 Å². The Morgan fingerprint density at radius 2 is 2.05 bits per heavy atom. The first-order valence-corrected chi connectivity index (χ1v) is 8.45. The number of nitrogens with zero attached hydrogens (tertiary/aromatic N) is 2. The van der Waals surface area contributed by atoms with E-state index in [-0.39, 0.29) is 23.8 Å². The van der Waals surface area contributed by atoms with Gasteiger partial charge in [0, 0.05) is 19.0 Å². The summed E-state index contributed by atoms with van der Waals surface area (Å²) in [6.45, 7) is 4.42. The molecule has 0 unspecified atom stereocenters. The number of carbonyl (C=O) groups is 1. The van der Waals surface area contributed by atoms with Crippen LogP contribution in [0.2, 0.25) is 0 Å². The Hall–Kier alpha value is -1.74. The average molecular weight is 315 g/mol. The molecule has 0 aromatic carbocycles. The van der Waals surface area contributed by atoms with Crippen LogP contribution in [0.1, 0.15) is 42.5 Å². The first-order valence-electron chi connectivity index (χ1n) is 6.56. The Balaban J connectivity index is 2.54. The maximum Gasteiger partial charge on any atom is 0.272 e. The van der Waals surface area contributed by atoms with Crippen LogP contribution in [0.4, 0.5) is 5.69 Å². The summed E-state index contributed by atoms with van der Waals surface area (Å²) < 4.78 is 24.1. The molecule has 4 N–H and O–H groups in total. The molecule has 0 radical (unpaired) electrons. The molecule has 21 heavy (non-hydrogen) atoms. The van der Waals surface area contributed by atoms with E-state index < -0.39 is 15.9 Å². The molecule has 0 aliphatic rings. The first kappa shape index (κ1) is 17.3. The highest BCUT2D eigenvalue weighted by atomic mass is 32.2. The van der Waals surface area contributed by atoms with Crippen molar-refractivity contribution in [2.75, 3.05) is 25.1 Å². The predicted octanol–water partition coefficient (Wildman–Crippen LogP) is -0.149. The van der Waals surface area contributed by atoms with Gasteiger partial charge in [0.1, 0.15) is 5.82 Å². The fraction of sp³-hybridized carbons (Fsp3) is 0.583. The number of nitrogen functional groups attached to an aromatic ring is 1. The molecule has 0 bridgehead atoms. The van der Waals surface area contributed by atoms with Crippen LogP contribution in [0.3, 0.4) is 0 Å². The van der Waals surface area contributed by atoms with Gasteiger partial charge in [-0.25, -0.2) is 23.1 Å². The van der Waals surface area contributed by atoms with Crippen molar-refractivity contribution in [1.82, 2.24) is 20.0 Å². The lowest BCUT2D eigenvalue weighted by molar-refractivity contribution is 0.0949. The molecule has 1 heterocycles. The van der Waals surface area contributed by atoms with E-state index in [2.05, 4.69) is 20.0 Å². The molecule has 9 heteroatoms. The van der Waals surface area contributed by atoms with E-state index in [0.29, 0.717) is 18.8 Å². The lowest BCUT2D eigenvalue weighted by Gasteiger charge is -2.09. The fourth-order valence-corrected chi connectivity index (χ4v) is 2.01. The standard InChI is InChI=1S/C12H21N5O3S/c1-8(2)11-15-7-9(13)10(17-11)12(18)14-5-4-6-16-21(3,19)20/h7-8,16H,4-6,13H2,1-3H3,(H,14,18). The van der Waals surface area contributed by atoms with Crippen molar-refractivity contribution in [2.45, 2.75) is 26.2 Å². The zero-order chi connectivity index (χ0) is 16.0. The van der Waals surface area contributed by atoms with Crippen molar-refractivity contribution in [3.63, 3.8) is 0 Å². The van der Waals surface area contributed by atoms with Crippen LogP contribution in [0, 0.1) is 0 Å². The molecule has 0 spiro atoms. The summed E-state index contributed by atoms with van der Waals surface area (Å²) >= 11 is 0. The fourth-order valence-electron chi connectivity index (χ4n) is 1.50. The third kappa shape index (κ3) is 6.05. The highest BCUT2D eigenvalue weighted by Gasteiger charge is 2.14. The molecular weight excluding hydrogens is 294 g/mol. The summed E-state index contributed by atoms with van der Waals surface area (Å²) in [6, 6.07) is 0. The summed E-state index contributed by atoms with van der Waals surface area (Å²) in [6.07, 6.45) is 2.98. The third-order valence-corrected chi connectivity index (χ3v) is 3.30. The normalized spacial score (nSPS) is 11.6. The minimum absolute atomic E-state index is 0.0936. The average Bonchev–Trinajstić information content (AvgIpc) is 2.36. The van der Waals surface area contributed by atoms with Gasteiger partial charge in [0.15, 0.2) is 5.69 Å². The van der Waals surface area contributed by atoms with E-state index in [1.165, 1.54) is 6.20 Å². The van der Waals surface area contributed by atoms with E-state index in [1.807, 2.05) is 13.8 Å². The van der Waals surface area contributed by atoms with Crippen molar-refractivity contribution in [3.05, 3.63) is 17.7 Å². The quantitative estimate of drug-likeness (QED) is 0.601. The summed E-state index contributed by atoms with van der Waals surface area (Å²) in [5.41, 5.74) is 6.06. The summed E-state index contributed by atoms with van der Waals surface area (Å²) in [7, 11) is -3.20. The number of sulfonamides is 1. The molecule has 1 aromatic rings. The second-order valence-electron chi connectivity index (χ2n) is 4.96. The molecule has 8 nitrogen and oxygen atoms in total. The Bertz CT molecular complexity index is 601. The maximum atomic E-state index is 12.0. The van der Waals surface area contributed by atoms with Gasteiger partial charge in [-0.1, -0.05) is 13.8 Å². The van der Waals surface area contributed by atoms with Crippen LogP contribution >= 0.6 is 0 Å². The molecular formula is C12H21N5O3S. The highest BCUT2D eigenvalue weighted by Crippen LogP contribution is 2.13. The zero-order valence-electron chi connectivity index (χ0n) is 12.4. The van der Waals surface area contributed by atoms with Crippen molar-refractivity contribution in [2.24, 2.45) is 0 Å². The van der Waals surface area contributed by atoms with Crippen molar-refractivity contribution < 1.29 is 13.2 Å². The monoisotopic (exact) mass is 315 g/mol. The Kier molecular flexibility index (Phi) is 6.03. The number of nitrogens with one attached hydrogen (secondary N) is 2. The van der Waals surface area contributed by atoms with E-state index in [9.17, 15) is 13.2 Å². The van der Waals surface area contributed by atoms with Crippen LogP contribution in [0.15, 0.2) is 6.20 Å². The highest BCUT2D eigenvalue weighted by molar-refractivity contribution is 7.88. The van der Waals surface area contributed by atoms with Crippen LogP contribution in [-0.4, -0.2) is 43.6 Å². The van der Waals surface area contributed by atoms with Gasteiger partial charge in [-0.05, 0) is 6.42 Å². The van der Waals surface area contributed by atoms with Crippen molar-refractivity contribution >= 4 is 21.6 Å². The summed E-state index contributed by atoms with van der Waals surface area (Å²) in [5, 5.41) is 2.65. The van der Waals surface area contributed by atoms with Crippen molar-refractivity contribution in [1.29, 1.82) is 0 Å². The van der Waals surface area contributed by atoms with Gasteiger partial charge in [-0.3, -0.25) is 4.79 Å². The molecule has 118 valence electrons. The van der Waals surface area contributed by atoms with Gasteiger partial charge in [-0.2, -0.15) is 0 Å². The molecule has 0 aliphatic carbocycles. The third-order valence-electron chi connectivity index (χ3n) is 2.57. The SMILES string of the molecule is CC(C)c1ncc(N)c(C(=O)NCCCNS(C)(=O)=O)n1. The number of nitrogens with two attached hydrogens (primary N) is 1. The van der Waals surface area contributed by atoms with Gasteiger partial charge < -0.3 is 11.1 Å². The number of carbonyl (C=O) groups excluding carboxylic acids is 1.